The molecule has 2 unspecified atom stereocenters. The minimum atomic E-state index is -0.486. The first-order valence-electron chi connectivity index (χ1n) is 3.74. The van der Waals surface area contributed by atoms with Crippen molar-refractivity contribution in [2.45, 2.75) is 19.5 Å². The number of hydrogen-bond donors (Lipinski definition) is 0. The number of hydrogen-bond acceptors (Lipinski definition) is 4. The maximum Gasteiger partial charge on any atom is 0.272 e. The van der Waals surface area contributed by atoms with E-state index in [2.05, 4.69) is 0 Å². The van der Waals surface area contributed by atoms with Crippen LogP contribution in [-0.4, -0.2) is 39.5 Å². The third-order valence-corrected chi connectivity index (χ3v) is 1.38. The van der Waals surface area contributed by atoms with Crippen LogP contribution < -0.4 is 0 Å². The second-order valence-corrected chi connectivity index (χ2v) is 2.29. The third-order valence-electron chi connectivity index (χ3n) is 1.38. The summed E-state index contributed by atoms with van der Waals surface area (Å²) in [6, 6.07) is 0. The summed E-state index contributed by atoms with van der Waals surface area (Å²) in [4.78, 5) is 0. The Morgan fingerprint density at radius 3 is 3.00 bits per heavy atom. The molecule has 0 radical (unpaired) electrons. The lowest BCUT2D eigenvalue weighted by Gasteiger charge is -2.09. The fourth-order valence-corrected chi connectivity index (χ4v) is 0.918. The highest BCUT2D eigenvalue weighted by atomic mass is 16.9. The largest absolute Gasteiger partial charge is 0.382 e. The fraction of sp³-hybridized carbons (Fsp3) is 1.00. The predicted molar refractivity (Wildman–Crippen MR) is 38.1 cm³/mol. The van der Waals surface area contributed by atoms with Gasteiger partial charge in [-0.05, 0) is 6.92 Å². The molecule has 1 saturated heterocycles. The van der Waals surface area contributed by atoms with Crippen molar-refractivity contribution in [2.24, 2.45) is 0 Å². The Morgan fingerprint density at radius 2 is 2.36 bits per heavy atom. The molecule has 11 heavy (non-hydrogen) atoms. The molecule has 4 nitrogen and oxygen atoms in total. The van der Waals surface area contributed by atoms with E-state index in [9.17, 15) is 0 Å². The fourth-order valence-electron chi connectivity index (χ4n) is 0.918. The lowest BCUT2D eigenvalue weighted by molar-refractivity contribution is -0.236. The van der Waals surface area contributed by atoms with Crippen LogP contribution in [0.1, 0.15) is 6.92 Å². The maximum absolute atomic E-state index is 5.27. The van der Waals surface area contributed by atoms with Crippen molar-refractivity contribution in [1.29, 1.82) is 0 Å². The molecule has 0 aliphatic carbocycles. The van der Waals surface area contributed by atoms with Gasteiger partial charge in [0.25, 0.3) is 6.48 Å². The van der Waals surface area contributed by atoms with Gasteiger partial charge >= 0.3 is 0 Å². The zero-order valence-corrected chi connectivity index (χ0v) is 6.91. The first-order valence-corrected chi connectivity index (χ1v) is 3.74. The molecule has 2 atom stereocenters. The molecular formula is C7H14O4. The van der Waals surface area contributed by atoms with Crippen LogP contribution in [0.3, 0.4) is 0 Å². The molecule has 0 amide bonds. The van der Waals surface area contributed by atoms with Crippen molar-refractivity contribution >= 4 is 0 Å². The minimum Gasteiger partial charge on any atom is -0.382 e. The molecule has 0 N–H and O–H groups in total. The number of ether oxygens (including phenoxy) is 4. The van der Waals surface area contributed by atoms with Gasteiger partial charge in [-0.3, -0.25) is 0 Å². The molecule has 0 spiro atoms. The SMILES string of the molecule is CCOC1OCC(COC)O1. The standard InChI is InChI=1S/C7H14O4/c1-3-9-7-10-5-6(11-7)4-8-2/h6-7H,3-5H2,1-2H3. The van der Waals surface area contributed by atoms with Gasteiger partial charge in [0.15, 0.2) is 0 Å². The van der Waals surface area contributed by atoms with Gasteiger partial charge in [0.2, 0.25) is 0 Å². The van der Waals surface area contributed by atoms with E-state index >= 15 is 0 Å². The quantitative estimate of drug-likeness (QED) is 0.598. The molecule has 0 saturated carbocycles. The summed E-state index contributed by atoms with van der Waals surface area (Å²) in [6.45, 7) is 3.13. The van der Waals surface area contributed by atoms with E-state index in [0.717, 1.165) is 0 Å². The molecule has 0 aromatic rings. The highest BCUT2D eigenvalue weighted by Gasteiger charge is 2.25. The molecule has 0 aromatic heterocycles. The van der Waals surface area contributed by atoms with Gasteiger partial charge in [0, 0.05) is 13.7 Å². The summed E-state index contributed by atoms with van der Waals surface area (Å²) >= 11 is 0. The van der Waals surface area contributed by atoms with Crippen LogP contribution in [0.25, 0.3) is 0 Å². The second kappa shape index (κ2) is 4.66. The Bertz CT molecular complexity index is 94.6. The summed E-state index contributed by atoms with van der Waals surface area (Å²) in [5, 5.41) is 0. The lowest BCUT2D eigenvalue weighted by Crippen LogP contribution is -2.19. The molecule has 1 heterocycles. The van der Waals surface area contributed by atoms with Crippen molar-refractivity contribution < 1.29 is 18.9 Å². The van der Waals surface area contributed by atoms with E-state index in [-0.39, 0.29) is 6.10 Å². The molecule has 1 aliphatic rings. The summed E-state index contributed by atoms with van der Waals surface area (Å²) in [5.74, 6) is 0. The highest BCUT2D eigenvalue weighted by molar-refractivity contribution is 4.59. The molecule has 1 fully saturated rings. The Morgan fingerprint density at radius 1 is 1.55 bits per heavy atom. The van der Waals surface area contributed by atoms with Crippen LogP contribution in [0, 0.1) is 0 Å². The number of methoxy groups -OCH3 is 1. The van der Waals surface area contributed by atoms with Gasteiger partial charge in [0.05, 0.1) is 13.2 Å². The molecule has 0 bridgehead atoms. The molecule has 4 heteroatoms. The lowest BCUT2D eigenvalue weighted by atomic mass is 10.4. The zero-order chi connectivity index (χ0) is 8.10. The average Bonchev–Trinajstić information content (AvgIpc) is 2.38. The van der Waals surface area contributed by atoms with Gasteiger partial charge in [-0.2, -0.15) is 0 Å². The highest BCUT2D eigenvalue weighted by Crippen LogP contribution is 2.12. The van der Waals surface area contributed by atoms with Gasteiger partial charge in [-0.1, -0.05) is 0 Å². The summed E-state index contributed by atoms with van der Waals surface area (Å²) < 4.78 is 20.4. The van der Waals surface area contributed by atoms with Crippen LogP contribution >= 0.6 is 0 Å². The molecule has 1 aliphatic heterocycles. The molecule has 66 valence electrons. The predicted octanol–water partition coefficient (Wildman–Crippen LogP) is 0.368. The van der Waals surface area contributed by atoms with Crippen molar-refractivity contribution in [3.8, 4) is 0 Å². The Labute approximate surface area is 66.4 Å². The van der Waals surface area contributed by atoms with Crippen LogP contribution in [0.2, 0.25) is 0 Å². The van der Waals surface area contributed by atoms with Gasteiger partial charge < -0.3 is 18.9 Å². The van der Waals surface area contributed by atoms with Crippen LogP contribution in [0.4, 0.5) is 0 Å². The Hall–Kier alpha value is -0.160. The summed E-state index contributed by atoms with van der Waals surface area (Å²) in [6.07, 6.45) is 0.0246. The zero-order valence-electron chi connectivity index (χ0n) is 6.91. The summed E-state index contributed by atoms with van der Waals surface area (Å²) in [5.41, 5.74) is 0. The molecule has 0 aromatic carbocycles. The average molecular weight is 162 g/mol. The minimum absolute atomic E-state index is 0.0246. The Kier molecular flexibility index (Phi) is 3.79. The summed E-state index contributed by atoms with van der Waals surface area (Å²) in [7, 11) is 1.64. The van der Waals surface area contributed by atoms with Crippen molar-refractivity contribution in [3.63, 3.8) is 0 Å². The maximum atomic E-state index is 5.27. The molecule has 1 rings (SSSR count). The normalized spacial score (nSPS) is 31.1. The van der Waals surface area contributed by atoms with Gasteiger partial charge in [-0.15, -0.1) is 0 Å². The first-order chi connectivity index (χ1) is 5.36. The van der Waals surface area contributed by atoms with Crippen LogP contribution in [0.15, 0.2) is 0 Å². The van der Waals surface area contributed by atoms with E-state index in [1.165, 1.54) is 0 Å². The smallest absolute Gasteiger partial charge is 0.272 e. The first kappa shape index (κ1) is 8.93. The van der Waals surface area contributed by atoms with Crippen molar-refractivity contribution in [2.75, 3.05) is 26.9 Å². The third kappa shape index (κ3) is 2.75. The topological polar surface area (TPSA) is 36.9 Å². The van der Waals surface area contributed by atoms with E-state index in [4.69, 9.17) is 18.9 Å². The van der Waals surface area contributed by atoms with Crippen LogP contribution in [-0.2, 0) is 18.9 Å². The van der Waals surface area contributed by atoms with Crippen molar-refractivity contribution in [1.82, 2.24) is 0 Å². The van der Waals surface area contributed by atoms with Crippen molar-refractivity contribution in [3.05, 3.63) is 0 Å². The monoisotopic (exact) mass is 162 g/mol. The van der Waals surface area contributed by atoms with E-state index in [0.29, 0.717) is 19.8 Å². The van der Waals surface area contributed by atoms with E-state index < -0.39 is 6.48 Å². The van der Waals surface area contributed by atoms with Crippen LogP contribution in [0.5, 0.6) is 0 Å². The molecular weight excluding hydrogens is 148 g/mol. The Balaban J connectivity index is 2.12. The van der Waals surface area contributed by atoms with E-state index in [1.807, 2.05) is 6.92 Å². The number of rotatable bonds is 4. The van der Waals surface area contributed by atoms with Gasteiger partial charge in [-0.25, -0.2) is 0 Å². The van der Waals surface area contributed by atoms with E-state index in [1.54, 1.807) is 7.11 Å². The van der Waals surface area contributed by atoms with Gasteiger partial charge in [0.1, 0.15) is 6.10 Å². The second-order valence-electron chi connectivity index (χ2n) is 2.29.